The molecule has 15 heavy (non-hydrogen) atoms. The van der Waals surface area contributed by atoms with Crippen LogP contribution in [0.1, 0.15) is 0 Å². The number of nitrogens with one attached hydrogen (secondary N) is 1. The molecule has 2 rings (SSSR count). The summed E-state index contributed by atoms with van der Waals surface area (Å²) in [6.45, 7) is 0. The first-order valence-electron chi connectivity index (χ1n) is 4.04. The highest BCUT2D eigenvalue weighted by atomic mass is 19.2. The molecule has 3 nitrogen and oxygen atoms in total. The molecule has 2 aromatic rings. The highest BCUT2D eigenvalue weighted by molar-refractivity contribution is 5.63. The minimum atomic E-state index is -1.27. The summed E-state index contributed by atoms with van der Waals surface area (Å²) in [5.74, 6) is -3.19. The fourth-order valence-electron chi connectivity index (χ4n) is 1.24. The van der Waals surface area contributed by atoms with Crippen molar-refractivity contribution in [1.82, 2.24) is 10.2 Å². The number of nitrogens with zero attached hydrogens (tertiary/aromatic N) is 1. The van der Waals surface area contributed by atoms with E-state index in [0.29, 0.717) is 6.07 Å². The number of benzene rings is 1. The van der Waals surface area contributed by atoms with Crippen LogP contribution in [0.2, 0.25) is 0 Å². The summed E-state index contributed by atoms with van der Waals surface area (Å²) >= 11 is 0. The standard InChI is InChI=1S/C9H6F3N3/c10-4-1-2-5(11)9(12)8(4)6-3-7(13)15-14-6/h1-3H,(H3,13,14,15). The Morgan fingerprint density at radius 2 is 1.80 bits per heavy atom. The van der Waals surface area contributed by atoms with Crippen LogP contribution in [0.15, 0.2) is 18.2 Å². The van der Waals surface area contributed by atoms with Gasteiger partial charge in [-0.1, -0.05) is 0 Å². The second-order valence-corrected chi connectivity index (χ2v) is 2.92. The average molecular weight is 213 g/mol. The largest absolute Gasteiger partial charge is 0.382 e. The molecule has 1 heterocycles. The molecule has 0 aliphatic rings. The molecule has 0 radical (unpaired) electrons. The summed E-state index contributed by atoms with van der Waals surface area (Å²) in [6.07, 6.45) is 0. The zero-order valence-electron chi connectivity index (χ0n) is 7.39. The Kier molecular flexibility index (Phi) is 2.11. The fraction of sp³-hybridized carbons (Fsp3) is 0. The van der Waals surface area contributed by atoms with Gasteiger partial charge in [0.2, 0.25) is 0 Å². The van der Waals surface area contributed by atoms with Gasteiger partial charge in [-0.05, 0) is 12.1 Å². The molecule has 0 spiro atoms. The van der Waals surface area contributed by atoms with Crippen LogP contribution in [0.3, 0.4) is 0 Å². The molecule has 0 amide bonds. The number of hydrogen-bond donors (Lipinski definition) is 2. The van der Waals surface area contributed by atoms with Crippen molar-refractivity contribution in [3.63, 3.8) is 0 Å². The summed E-state index contributed by atoms with van der Waals surface area (Å²) < 4.78 is 39.3. The van der Waals surface area contributed by atoms with Crippen LogP contribution in [-0.4, -0.2) is 10.2 Å². The molecule has 0 saturated carbocycles. The van der Waals surface area contributed by atoms with E-state index >= 15 is 0 Å². The lowest BCUT2D eigenvalue weighted by molar-refractivity contribution is 0.498. The number of nitrogens with two attached hydrogens (primary N) is 1. The third-order valence-corrected chi connectivity index (χ3v) is 1.91. The predicted octanol–water partition coefficient (Wildman–Crippen LogP) is 2.08. The van der Waals surface area contributed by atoms with E-state index in [1.165, 1.54) is 6.07 Å². The van der Waals surface area contributed by atoms with Crippen molar-refractivity contribution >= 4 is 5.82 Å². The molecule has 1 aromatic carbocycles. The summed E-state index contributed by atoms with van der Waals surface area (Å²) in [6, 6.07) is 2.78. The lowest BCUT2D eigenvalue weighted by Gasteiger charge is -2.02. The van der Waals surface area contributed by atoms with E-state index in [9.17, 15) is 13.2 Å². The van der Waals surface area contributed by atoms with E-state index in [1.807, 2.05) is 0 Å². The minimum Gasteiger partial charge on any atom is -0.382 e. The van der Waals surface area contributed by atoms with E-state index in [0.717, 1.165) is 6.07 Å². The van der Waals surface area contributed by atoms with Crippen LogP contribution in [0.5, 0.6) is 0 Å². The van der Waals surface area contributed by atoms with E-state index in [1.54, 1.807) is 0 Å². The van der Waals surface area contributed by atoms with Gasteiger partial charge in [0.25, 0.3) is 0 Å². The molecule has 0 fully saturated rings. The smallest absolute Gasteiger partial charge is 0.171 e. The molecule has 6 heteroatoms. The van der Waals surface area contributed by atoms with E-state index in [-0.39, 0.29) is 11.5 Å². The first-order chi connectivity index (χ1) is 7.09. The topological polar surface area (TPSA) is 54.7 Å². The number of anilines is 1. The average Bonchev–Trinajstić information content (AvgIpc) is 2.59. The van der Waals surface area contributed by atoms with Crippen LogP contribution in [0.4, 0.5) is 19.0 Å². The molecule has 0 aliphatic carbocycles. The van der Waals surface area contributed by atoms with Crippen molar-refractivity contribution in [3.8, 4) is 11.3 Å². The molecule has 3 N–H and O–H groups in total. The Morgan fingerprint density at radius 1 is 1.13 bits per heavy atom. The fourth-order valence-corrected chi connectivity index (χ4v) is 1.24. The number of halogens is 3. The maximum absolute atomic E-state index is 13.3. The summed E-state index contributed by atoms with van der Waals surface area (Å²) in [5, 5.41) is 5.81. The van der Waals surface area contributed by atoms with Crippen molar-refractivity contribution in [2.45, 2.75) is 0 Å². The number of nitrogen functional groups attached to an aromatic ring is 1. The summed E-state index contributed by atoms with van der Waals surface area (Å²) in [5.41, 5.74) is 4.77. The highest BCUT2D eigenvalue weighted by Gasteiger charge is 2.17. The Hall–Kier alpha value is -1.98. The van der Waals surface area contributed by atoms with Gasteiger partial charge in [-0.15, -0.1) is 0 Å². The number of rotatable bonds is 1. The third-order valence-electron chi connectivity index (χ3n) is 1.91. The van der Waals surface area contributed by atoms with Crippen molar-refractivity contribution in [3.05, 3.63) is 35.7 Å². The first kappa shape index (κ1) is 9.57. The van der Waals surface area contributed by atoms with Crippen LogP contribution in [0, 0.1) is 17.5 Å². The maximum atomic E-state index is 13.3. The van der Waals surface area contributed by atoms with Crippen LogP contribution in [-0.2, 0) is 0 Å². The van der Waals surface area contributed by atoms with Gasteiger partial charge < -0.3 is 5.73 Å². The maximum Gasteiger partial charge on any atom is 0.171 e. The van der Waals surface area contributed by atoms with Gasteiger partial charge in [0.05, 0.1) is 11.3 Å². The van der Waals surface area contributed by atoms with Gasteiger partial charge in [0, 0.05) is 6.07 Å². The normalized spacial score (nSPS) is 10.6. The molecule has 0 atom stereocenters. The Labute approximate surface area is 82.7 Å². The van der Waals surface area contributed by atoms with Crippen molar-refractivity contribution in [2.75, 3.05) is 5.73 Å². The second-order valence-electron chi connectivity index (χ2n) is 2.92. The van der Waals surface area contributed by atoms with Gasteiger partial charge >= 0.3 is 0 Å². The third kappa shape index (κ3) is 1.54. The number of H-pyrrole nitrogens is 1. The minimum absolute atomic E-state index is 0.00185. The highest BCUT2D eigenvalue weighted by Crippen LogP contribution is 2.26. The molecule has 0 aliphatic heterocycles. The quantitative estimate of drug-likeness (QED) is 0.712. The SMILES string of the molecule is Nc1cc(-c2c(F)ccc(F)c2F)[nH]n1. The molecule has 0 saturated heterocycles. The summed E-state index contributed by atoms with van der Waals surface area (Å²) in [7, 11) is 0. The molecule has 78 valence electrons. The molecule has 1 aromatic heterocycles. The van der Waals surface area contributed by atoms with Gasteiger partial charge in [-0.25, -0.2) is 13.2 Å². The monoisotopic (exact) mass is 213 g/mol. The van der Waals surface area contributed by atoms with Gasteiger partial charge in [-0.2, -0.15) is 5.10 Å². The van der Waals surface area contributed by atoms with Crippen molar-refractivity contribution < 1.29 is 13.2 Å². The number of aromatic amines is 1. The zero-order valence-corrected chi connectivity index (χ0v) is 7.39. The molecule has 0 unspecified atom stereocenters. The Bertz CT molecular complexity index is 507. The van der Waals surface area contributed by atoms with Gasteiger partial charge in [0.15, 0.2) is 11.6 Å². The predicted molar refractivity (Wildman–Crippen MR) is 48.3 cm³/mol. The van der Waals surface area contributed by atoms with E-state index in [4.69, 9.17) is 5.73 Å². The van der Waals surface area contributed by atoms with Crippen molar-refractivity contribution in [1.29, 1.82) is 0 Å². The lowest BCUT2D eigenvalue weighted by atomic mass is 10.1. The van der Waals surface area contributed by atoms with Gasteiger partial charge in [0.1, 0.15) is 11.6 Å². The Morgan fingerprint density at radius 3 is 2.40 bits per heavy atom. The lowest BCUT2D eigenvalue weighted by Crippen LogP contribution is -1.94. The van der Waals surface area contributed by atoms with Crippen molar-refractivity contribution in [2.24, 2.45) is 0 Å². The van der Waals surface area contributed by atoms with Crippen LogP contribution >= 0.6 is 0 Å². The first-order valence-corrected chi connectivity index (χ1v) is 4.04. The summed E-state index contributed by atoms with van der Waals surface area (Å²) in [4.78, 5) is 0. The van der Waals surface area contributed by atoms with Gasteiger partial charge in [-0.3, -0.25) is 5.10 Å². The van der Waals surface area contributed by atoms with Crippen LogP contribution < -0.4 is 5.73 Å². The molecular formula is C9H6F3N3. The number of aromatic nitrogens is 2. The molecule has 0 bridgehead atoms. The number of hydrogen-bond acceptors (Lipinski definition) is 2. The van der Waals surface area contributed by atoms with E-state index in [2.05, 4.69) is 10.2 Å². The molecular weight excluding hydrogens is 207 g/mol. The zero-order chi connectivity index (χ0) is 11.0. The Balaban J connectivity index is 2.66. The second kappa shape index (κ2) is 3.30. The van der Waals surface area contributed by atoms with Crippen LogP contribution in [0.25, 0.3) is 11.3 Å². The van der Waals surface area contributed by atoms with E-state index < -0.39 is 23.0 Å².